The Bertz CT molecular complexity index is 578. The number of carboxylic acid groups (broad SMARTS) is 2. The number of carboxylic acids is 2. The van der Waals surface area contributed by atoms with E-state index in [2.05, 4.69) is 0 Å². The smallest absolute Gasteiger partial charge is 0.322 e. The topological polar surface area (TPSA) is 153 Å². The van der Waals surface area contributed by atoms with Crippen molar-refractivity contribution < 1.29 is 29.3 Å². The van der Waals surface area contributed by atoms with E-state index >= 15 is 0 Å². The molecular weight excluding hydrogens is 392 g/mol. The molecule has 0 radical (unpaired) electrons. The monoisotopic (exact) mass is 410 g/mol. The van der Waals surface area contributed by atoms with Crippen LogP contribution in [0.15, 0.2) is 30.3 Å². The maximum absolute atomic E-state index is 12.1. The largest absolute Gasteiger partial charge is 0.480 e. The Morgan fingerprint density at radius 1 is 1.08 bits per heavy atom. The van der Waals surface area contributed by atoms with Gasteiger partial charge in [0.25, 0.3) is 0 Å². The molecule has 0 aromatic heterocycles. The van der Waals surface area contributed by atoms with Gasteiger partial charge in [0.05, 0.1) is 0 Å². The number of halogens is 1. The van der Waals surface area contributed by atoms with E-state index in [-0.39, 0.29) is 24.8 Å². The summed E-state index contributed by atoms with van der Waals surface area (Å²) in [7, 11) is 1.80. The lowest BCUT2D eigenvalue weighted by molar-refractivity contribution is -0.149. The van der Waals surface area contributed by atoms with Crippen LogP contribution in [0.25, 0.3) is 0 Å². The van der Waals surface area contributed by atoms with Gasteiger partial charge in [0, 0.05) is 5.75 Å². The minimum Gasteiger partial charge on any atom is -0.480 e. The van der Waals surface area contributed by atoms with Crippen LogP contribution in [-0.4, -0.2) is 51.2 Å². The molecule has 0 saturated heterocycles. The predicted molar refractivity (Wildman–Crippen MR) is 98.5 cm³/mol. The first kappa shape index (κ1) is 23.5. The van der Waals surface area contributed by atoms with Crippen LogP contribution in [0.4, 0.5) is 0 Å². The lowest BCUT2D eigenvalue weighted by Crippen LogP contribution is -2.45. The summed E-state index contributed by atoms with van der Waals surface area (Å²) < 4.78 is 5.10. The van der Waals surface area contributed by atoms with Gasteiger partial charge in [0.1, 0.15) is 23.9 Å². The lowest BCUT2D eigenvalue weighted by atomic mass is 10.2. The molecule has 11 heteroatoms. The molecule has 0 aliphatic heterocycles. The van der Waals surface area contributed by atoms with Gasteiger partial charge in [-0.15, -0.1) is 12.4 Å². The summed E-state index contributed by atoms with van der Waals surface area (Å²) in [5.41, 5.74) is 11.6. The number of esters is 1. The van der Waals surface area contributed by atoms with Crippen LogP contribution in [0.3, 0.4) is 0 Å². The van der Waals surface area contributed by atoms with E-state index in [0.717, 1.165) is 27.2 Å². The van der Waals surface area contributed by atoms with Gasteiger partial charge in [-0.1, -0.05) is 51.9 Å². The zero-order valence-electron chi connectivity index (χ0n) is 12.9. The van der Waals surface area contributed by atoms with Crippen LogP contribution in [-0.2, 0) is 25.7 Å². The summed E-state index contributed by atoms with van der Waals surface area (Å²) >= 11 is 0. The first-order valence-electron chi connectivity index (χ1n) is 6.78. The van der Waals surface area contributed by atoms with Gasteiger partial charge in [-0.2, -0.15) is 0 Å². The zero-order valence-corrected chi connectivity index (χ0v) is 15.4. The Hall–Kier alpha value is -1.46. The highest BCUT2D eigenvalue weighted by Gasteiger charge is 2.33. The molecule has 0 amide bonds. The number of benzene rings is 1. The van der Waals surface area contributed by atoms with Crippen molar-refractivity contribution in [3.05, 3.63) is 35.9 Å². The highest BCUT2D eigenvalue weighted by Crippen LogP contribution is 2.30. The summed E-state index contributed by atoms with van der Waals surface area (Å²) in [5.74, 6) is -3.33. The van der Waals surface area contributed by atoms with Crippen molar-refractivity contribution in [3.8, 4) is 0 Å². The van der Waals surface area contributed by atoms with Crippen LogP contribution in [0.1, 0.15) is 5.56 Å². The molecule has 140 valence electrons. The summed E-state index contributed by atoms with van der Waals surface area (Å²) in [5, 5.41) is 16.5. The van der Waals surface area contributed by atoms with Gasteiger partial charge in [-0.05, 0) is 5.56 Å². The van der Waals surface area contributed by atoms with Gasteiger partial charge < -0.3 is 26.4 Å². The fourth-order valence-corrected chi connectivity index (χ4v) is 4.05. The molecule has 0 aliphatic rings. The minimum absolute atomic E-state index is 0. The van der Waals surface area contributed by atoms with Crippen LogP contribution in [0.5, 0.6) is 0 Å². The van der Waals surface area contributed by atoms with Crippen LogP contribution >= 0.6 is 34.0 Å². The van der Waals surface area contributed by atoms with Crippen LogP contribution in [0.2, 0.25) is 0 Å². The molecule has 0 aliphatic carbocycles. The molecule has 0 spiro atoms. The average Bonchev–Trinajstić information content (AvgIpc) is 2.56. The van der Waals surface area contributed by atoms with Crippen LogP contribution < -0.4 is 11.5 Å². The van der Waals surface area contributed by atoms with E-state index in [9.17, 15) is 14.4 Å². The molecule has 3 atom stereocenters. The average molecular weight is 411 g/mol. The Kier molecular flexibility index (Phi) is 11.3. The SMILES string of the molecule is Cl.N[C@H](C(=O)O)C(SSC[C@H](N)C(=O)O)C(=O)OCc1ccccc1. The van der Waals surface area contributed by atoms with E-state index < -0.39 is 35.2 Å². The number of aliphatic carboxylic acids is 2. The van der Waals surface area contributed by atoms with E-state index in [1.54, 1.807) is 24.3 Å². The Morgan fingerprint density at radius 3 is 2.20 bits per heavy atom. The number of rotatable bonds is 10. The number of hydrogen-bond acceptors (Lipinski definition) is 8. The minimum atomic E-state index is -1.48. The van der Waals surface area contributed by atoms with Crippen molar-refractivity contribution in [1.29, 1.82) is 0 Å². The third-order valence-electron chi connectivity index (χ3n) is 2.80. The molecule has 0 heterocycles. The maximum atomic E-state index is 12.1. The number of hydrogen-bond donors (Lipinski definition) is 4. The highest BCUT2D eigenvalue weighted by atomic mass is 35.5. The highest BCUT2D eigenvalue weighted by molar-refractivity contribution is 8.77. The normalized spacial score (nSPS) is 13.8. The molecule has 1 aromatic rings. The summed E-state index contributed by atoms with van der Waals surface area (Å²) in [6.45, 7) is -0.0115. The molecule has 1 rings (SSSR count). The lowest BCUT2D eigenvalue weighted by Gasteiger charge is -2.19. The maximum Gasteiger partial charge on any atom is 0.322 e. The van der Waals surface area contributed by atoms with Gasteiger partial charge in [-0.25, -0.2) is 0 Å². The Balaban J connectivity index is 0.00000576. The van der Waals surface area contributed by atoms with Crippen molar-refractivity contribution in [3.63, 3.8) is 0 Å². The number of carbonyl (C=O) groups is 3. The molecule has 1 unspecified atom stereocenters. The van der Waals surface area contributed by atoms with Crippen molar-refractivity contribution in [2.24, 2.45) is 11.5 Å². The van der Waals surface area contributed by atoms with Gasteiger partial charge in [0.2, 0.25) is 0 Å². The van der Waals surface area contributed by atoms with Crippen molar-refractivity contribution in [2.75, 3.05) is 5.75 Å². The van der Waals surface area contributed by atoms with Crippen LogP contribution in [0, 0.1) is 0 Å². The molecule has 8 nitrogen and oxygen atoms in total. The second-order valence-electron chi connectivity index (χ2n) is 4.70. The van der Waals surface area contributed by atoms with Gasteiger partial charge in [-0.3, -0.25) is 14.4 Å². The van der Waals surface area contributed by atoms with Gasteiger partial charge in [0.15, 0.2) is 0 Å². The van der Waals surface area contributed by atoms with Crippen molar-refractivity contribution >= 4 is 51.9 Å². The predicted octanol–water partition coefficient (Wildman–Crippen LogP) is 0.725. The third kappa shape index (κ3) is 8.45. The number of nitrogens with two attached hydrogens (primary N) is 2. The zero-order chi connectivity index (χ0) is 18.1. The molecule has 6 N–H and O–H groups in total. The standard InChI is InChI=1S/C14H18N2O6S2.ClH/c15-9(12(17)18)7-23-24-11(10(16)13(19)20)14(21)22-6-8-4-2-1-3-5-8;/h1-5,9-11H,6-7,15-16H2,(H,17,18)(H,19,20);1H/t9-,10-,11?;/m0./s1. The molecule has 0 fully saturated rings. The first-order chi connectivity index (χ1) is 11.3. The summed E-state index contributed by atoms with van der Waals surface area (Å²) in [4.78, 5) is 33.8. The van der Waals surface area contributed by atoms with E-state index in [0.29, 0.717) is 0 Å². The third-order valence-corrected chi connectivity index (χ3v) is 5.57. The molecule has 0 bridgehead atoms. The number of carbonyl (C=O) groups excluding carboxylic acids is 1. The van der Waals surface area contributed by atoms with Crippen molar-refractivity contribution in [2.45, 2.75) is 23.9 Å². The fourth-order valence-electron chi connectivity index (χ4n) is 1.44. The molecule has 0 saturated carbocycles. The Labute approximate surface area is 158 Å². The molecule has 1 aromatic carbocycles. The molecule has 25 heavy (non-hydrogen) atoms. The quantitative estimate of drug-likeness (QED) is 0.320. The number of ether oxygens (including phenoxy) is 1. The molecular formula is C14H19ClN2O6S2. The van der Waals surface area contributed by atoms with E-state index in [1.807, 2.05) is 6.07 Å². The van der Waals surface area contributed by atoms with E-state index in [4.69, 9.17) is 26.4 Å². The summed E-state index contributed by atoms with van der Waals surface area (Å²) in [6, 6.07) is 6.28. The van der Waals surface area contributed by atoms with Crippen molar-refractivity contribution in [1.82, 2.24) is 0 Å². The summed E-state index contributed by atoms with van der Waals surface area (Å²) in [6.07, 6.45) is 0. The fraction of sp³-hybridized carbons (Fsp3) is 0.357. The van der Waals surface area contributed by atoms with Gasteiger partial charge >= 0.3 is 17.9 Å². The second-order valence-corrected chi connectivity index (χ2v) is 7.26. The first-order valence-corrected chi connectivity index (χ1v) is 9.16. The Morgan fingerprint density at radius 2 is 1.68 bits per heavy atom. The second kappa shape index (κ2) is 12.0. The van der Waals surface area contributed by atoms with E-state index in [1.165, 1.54) is 0 Å².